The van der Waals surface area contributed by atoms with Crippen molar-refractivity contribution in [3.63, 3.8) is 0 Å². The summed E-state index contributed by atoms with van der Waals surface area (Å²) in [5.41, 5.74) is 1.41. The van der Waals surface area contributed by atoms with Crippen LogP contribution in [0.25, 0.3) is 0 Å². The highest BCUT2D eigenvalue weighted by Gasteiger charge is 2.29. The van der Waals surface area contributed by atoms with Crippen LogP contribution in [0.1, 0.15) is 24.8 Å². The van der Waals surface area contributed by atoms with Gasteiger partial charge in [0.05, 0.1) is 0 Å². The van der Waals surface area contributed by atoms with Gasteiger partial charge in [-0.3, -0.25) is 4.90 Å². The molecule has 2 nitrogen and oxygen atoms in total. The minimum absolute atomic E-state index is 0.727. The highest BCUT2D eigenvalue weighted by molar-refractivity contribution is 9.10. The Hall–Kier alpha value is -0.380. The van der Waals surface area contributed by atoms with Crippen molar-refractivity contribution in [1.82, 2.24) is 10.2 Å². The largest absolute Gasteiger partial charge is 0.310 e. The normalized spacial score (nSPS) is 29.2. The van der Waals surface area contributed by atoms with Gasteiger partial charge in [-0.15, -0.1) is 0 Å². The Kier molecular flexibility index (Phi) is 3.50. The highest BCUT2D eigenvalue weighted by Crippen LogP contribution is 2.23. The Morgan fingerprint density at radius 1 is 1.18 bits per heavy atom. The van der Waals surface area contributed by atoms with E-state index in [2.05, 4.69) is 50.4 Å². The van der Waals surface area contributed by atoms with E-state index in [1.54, 1.807) is 0 Å². The predicted molar refractivity (Wildman–Crippen MR) is 74.0 cm³/mol. The summed E-state index contributed by atoms with van der Waals surface area (Å²) in [4.78, 5) is 2.59. The predicted octanol–water partition coefficient (Wildman–Crippen LogP) is 2.78. The van der Waals surface area contributed by atoms with Crippen molar-refractivity contribution in [2.75, 3.05) is 13.1 Å². The second-order valence-electron chi connectivity index (χ2n) is 5.25. The molecule has 1 aromatic rings. The third-order valence-corrected chi connectivity index (χ3v) is 4.73. The first-order chi connectivity index (χ1) is 8.31. The fourth-order valence-corrected chi connectivity index (χ4v) is 3.44. The molecule has 3 heteroatoms. The molecular formula is C14H19BrN2. The van der Waals surface area contributed by atoms with Gasteiger partial charge in [-0.05, 0) is 30.9 Å². The van der Waals surface area contributed by atoms with E-state index in [4.69, 9.17) is 0 Å². The van der Waals surface area contributed by atoms with E-state index in [0.29, 0.717) is 0 Å². The lowest BCUT2D eigenvalue weighted by molar-refractivity contribution is 0.250. The van der Waals surface area contributed by atoms with Crippen LogP contribution in [0.4, 0.5) is 0 Å². The lowest BCUT2D eigenvalue weighted by atomic mass is 10.1. The van der Waals surface area contributed by atoms with E-state index < -0.39 is 0 Å². The molecule has 2 aliphatic heterocycles. The monoisotopic (exact) mass is 294 g/mol. The molecule has 2 heterocycles. The summed E-state index contributed by atoms with van der Waals surface area (Å²) in [7, 11) is 0. The molecule has 2 aliphatic rings. The van der Waals surface area contributed by atoms with E-state index in [1.165, 1.54) is 42.4 Å². The molecule has 17 heavy (non-hydrogen) atoms. The molecule has 2 fully saturated rings. The van der Waals surface area contributed by atoms with Gasteiger partial charge in [-0.1, -0.05) is 34.1 Å². The van der Waals surface area contributed by atoms with E-state index in [-0.39, 0.29) is 0 Å². The molecule has 1 aromatic carbocycles. The zero-order valence-electron chi connectivity index (χ0n) is 10.0. The molecule has 0 aliphatic carbocycles. The lowest BCUT2D eigenvalue weighted by Crippen LogP contribution is -2.35. The van der Waals surface area contributed by atoms with E-state index in [1.807, 2.05) is 0 Å². The molecule has 1 N–H and O–H groups in total. The average molecular weight is 295 g/mol. The van der Waals surface area contributed by atoms with Gasteiger partial charge in [0.1, 0.15) is 0 Å². The van der Waals surface area contributed by atoms with Gasteiger partial charge >= 0.3 is 0 Å². The number of halogens is 1. The van der Waals surface area contributed by atoms with E-state index in [9.17, 15) is 0 Å². The Morgan fingerprint density at radius 3 is 2.88 bits per heavy atom. The quantitative estimate of drug-likeness (QED) is 0.902. The summed E-state index contributed by atoms with van der Waals surface area (Å²) in [6, 6.07) is 10.1. The number of nitrogens with zero attached hydrogens (tertiary/aromatic N) is 1. The van der Waals surface area contributed by atoms with Gasteiger partial charge in [0.25, 0.3) is 0 Å². The lowest BCUT2D eigenvalue weighted by Gasteiger charge is -2.24. The van der Waals surface area contributed by atoms with Crippen LogP contribution in [0.5, 0.6) is 0 Å². The van der Waals surface area contributed by atoms with Crippen molar-refractivity contribution in [1.29, 1.82) is 0 Å². The van der Waals surface area contributed by atoms with E-state index >= 15 is 0 Å². The summed E-state index contributed by atoms with van der Waals surface area (Å²) >= 11 is 3.64. The fourth-order valence-electron chi connectivity index (χ4n) is 3.03. The van der Waals surface area contributed by atoms with Gasteiger partial charge in [0.2, 0.25) is 0 Å². The van der Waals surface area contributed by atoms with Gasteiger partial charge in [-0.2, -0.15) is 0 Å². The Balaban J connectivity index is 1.67. The molecule has 3 rings (SSSR count). The maximum Gasteiger partial charge on any atom is 0.0245 e. The number of likely N-dealkylation sites (tertiary alicyclic amines) is 1. The molecule has 0 aromatic heterocycles. The maximum absolute atomic E-state index is 3.73. The van der Waals surface area contributed by atoms with E-state index in [0.717, 1.165) is 18.6 Å². The molecule has 2 saturated heterocycles. The van der Waals surface area contributed by atoms with Crippen LogP contribution in [-0.2, 0) is 6.54 Å². The van der Waals surface area contributed by atoms with Crippen LogP contribution >= 0.6 is 15.9 Å². The van der Waals surface area contributed by atoms with Crippen LogP contribution in [0.2, 0.25) is 0 Å². The number of hydrogen-bond donors (Lipinski definition) is 1. The summed E-state index contributed by atoms with van der Waals surface area (Å²) in [5.74, 6) is 0. The van der Waals surface area contributed by atoms with Crippen LogP contribution in [-0.4, -0.2) is 30.1 Å². The smallest absolute Gasteiger partial charge is 0.0245 e. The van der Waals surface area contributed by atoms with Crippen LogP contribution < -0.4 is 5.32 Å². The first-order valence-electron chi connectivity index (χ1n) is 6.53. The minimum atomic E-state index is 0.727. The number of fused-ring (bicyclic) bond motifs is 2. The topological polar surface area (TPSA) is 15.3 Å². The number of benzene rings is 1. The summed E-state index contributed by atoms with van der Waals surface area (Å²) in [6.07, 6.45) is 4.05. The molecule has 0 saturated carbocycles. The Morgan fingerprint density at radius 2 is 2.00 bits per heavy atom. The van der Waals surface area contributed by atoms with Crippen molar-refractivity contribution < 1.29 is 0 Å². The SMILES string of the molecule is Brc1ccccc1CN1CCC2CCC(C1)N2. The zero-order chi connectivity index (χ0) is 11.7. The van der Waals surface area contributed by atoms with Crippen LogP contribution in [0.15, 0.2) is 28.7 Å². The van der Waals surface area contributed by atoms with Crippen LogP contribution in [0, 0.1) is 0 Å². The third-order valence-electron chi connectivity index (χ3n) is 3.96. The van der Waals surface area contributed by atoms with Gasteiger partial charge in [-0.25, -0.2) is 0 Å². The second-order valence-corrected chi connectivity index (χ2v) is 6.11. The number of nitrogens with one attached hydrogen (secondary N) is 1. The summed E-state index contributed by atoms with van der Waals surface area (Å²) in [6.45, 7) is 3.51. The summed E-state index contributed by atoms with van der Waals surface area (Å²) in [5, 5.41) is 3.73. The van der Waals surface area contributed by atoms with Crippen molar-refractivity contribution in [2.45, 2.75) is 37.9 Å². The molecule has 0 amide bonds. The number of rotatable bonds is 2. The van der Waals surface area contributed by atoms with Gasteiger partial charge in [0, 0.05) is 36.2 Å². The minimum Gasteiger partial charge on any atom is -0.310 e. The molecule has 2 unspecified atom stereocenters. The Labute approximate surface area is 112 Å². The van der Waals surface area contributed by atoms with Crippen molar-refractivity contribution in [2.24, 2.45) is 0 Å². The second kappa shape index (κ2) is 5.09. The first-order valence-corrected chi connectivity index (χ1v) is 7.32. The van der Waals surface area contributed by atoms with Crippen molar-refractivity contribution >= 4 is 15.9 Å². The first kappa shape index (κ1) is 11.7. The number of hydrogen-bond acceptors (Lipinski definition) is 2. The van der Waals surface area contributed by atoms with Gasteiger partial charge in [0.15, 0.2) is 0 Å². The third kappa shape index (κ3) is 2.72. The fraction of sp³-hybridized carbons (Fsp3) is 0.571. The molecule has 0 spiro atoms. The zero-order valence-corrected chi connectivity index (χ0v) is 11.6. The highest BCUT2D eigenvalue weighted by atomic mass is 79.9. The molecule has 2 atom stereocenters. The average Bonchev–Trinajstić information content (AvgIpc) is 2.65. The Bertz CT molecular complexity index is 394. The molecule has 2 bridgehead atoms. The standard InChI is InChI=1S/C14H19BrN2/c15-14-4-2-1-3-11(14)9-17-8-7-12-5-6-13(10-17)16-12/h1-4,12-13,16H,5-10H2. The maximum atomic E-state index is 3.73. The summed E-state index contributed by atoms with van der Waals surface area (Å²) < 4.78 is 1.24. The van der Waals surface area contributed by atoms with Crippen molar-refractivity contribution in [3.8, 4) is 0 Å². The van der Waals surface area contributed by atoms with Crippen molar-refractivity contribution in [3.05, 3.63) is 34.3 Å². The molecule has 92 valence electrons. The molecule has 0 radical (unpaired) electrons. The van der Waals surface area contributed by atoms with Gasteiger partial charge < -0.3 is 5.32 Å². The van der Waals surface area contributed by atoms with Crippen LogP contribution in [0.3, 0.4) is 0 Å². The molecular weight excluding hydrogens is 276 g/mol.